The summed E-state index contributed by atoms with van der Waals surface area (Å²) in [5, 5.41) is 1.83. The second kappa shape index (κ2) is 4.19. The van der Waals surface area contributed by atoms with E-state index in [1.165, 1.54) is 17.7 Å². The summed E-state index contributed by atoms with van der Waals surface area (Å²) in [6, 6.07) is 1.81. The first-order chi connectivity index (χ1) is 8.76. The molecule has 0 aliphatic rings. The molecular weight excluding hydrogens is 252 g/mol. The number of hydrogen-bond acceptors (Lipinski definition) is 5. The van der Waals surface area contributed by atoms with E-state index in [0.29, 0.717) is 34.6 Å². The molecule has 0 atom stereocenters. The maximum atomic E-state index is 11.7. The quantitative estimate of drug-likeness (QED) is 0.713. The van der Waals surface area contributed by atoms with E-state index >= 15 is 0 Å². The smallest absolute Gasteiger partial charge is 0.268 e. The lowest BCUT2D eigenvalue weighted by molar-refractivity contribution is 0.111. The third-order valence-electron chi connectivity index (χ3n) is 2.47. The predicted octanol–water partition coefficient (Wildman–Crippen LogP) is 1.04. The lowest BCUT2D eigenvalue weighted by Gasteiger charge is -2.01. The third-order valence-corrected chi connectivity index (χ3v) is 3.37. The second-order valence-corrected chi connectivity index (χ2v) is 4.65. The van der Waals surface area contributed by atoms with Crippen molar-refractivity contribution >= 4 is 27.8 Å². The highest BCUT2D eigenvalue weighted by Crippen LogP contribution is 2.13. The van der Waals surface area contributed by atoms with Gasteiger partial charge >= 0.3 is 0 Å². The minimum Gasteiger partial charge on any atom is -0.329 e. The van der Waals surface area contributed by atoms with Crippen molar-refractivity contribution in [2.75, 3.05) is 0 Å². The fourth-order valence-corrected chi connectivity index (χ4v) is 2.42. The van der Waals surface area contributed by atoms with E-state index in [4.69, 9.17) is 0 Å². The molecule has 0 radical (unpaired) electrons. The number of nitrogens with one attached hydrogen (secondary N) is 1. The van der Waals surface area contributed by atoms with Gasteiger partial charge in [-0.05, 0) is 11.4 Å². The summed E-state index contributed by atoms with van der Waals surface area (Å²) < 4.78 is 2.32. The van der Waals surface area contributed by atoms with Crippen molar-refractivity contribution in [1.82, 2.24) is 19.5 Å². The standard InChI is InChI=1S/C11H8N4O2S/c16-5-7-3-15(6-12-7)4-9-13-8-1-2-18-10(8)11(17)14-9/h1-3,5-6H,4H2,(H,13,14,17). The molecule has 0 spiro atoms. The van der Waals surface area contributed by atoms with Gasteiger partial charge in [-0.2, -0.15) is 0 Å². The van der Waals surface area contributed by atoms with Crippen LogP contribution in [0.2, 0.25) is 0 Å². The Balaban J connectivity index is 1.99. The van der Waals surface area contributed by atoms with Gasteiger partial charge in [0, 0.05) is 6.20 Å². The summed E-state index contributed by atoms with van der Waals surface area (Å²) in [5.41, 5.74) is 0.907. The van der Waals surface area contributed by atoms with Crippen molar-refractivity contribution in [3.05, 3.63) is 45.8 Å². The van der Waals surface area contributed by atoms with E-state index in [0.717, 1.165) is 0 Å². The van der Waals surface area contributed by atoms with Gasteiger partial charge in [0.15, 0.2) is 6.29 Å². The number of aromatic amines is 1. The highest BCUT2D eigenvalue weighted by Gasteiger charge is 2.06. The summed E-state index contributed by atoms with van der Waals surface area (Å²) >= 11 is 1.36. The molecule has 0 fully saturated rings. The van der Waals surface area contributed by atoms with Crippen LogP contribution in [0, 0.1) is 0 Å². The number of thiophene rings is 1. The maximum absolute atomic E-state index is 11.7. The van der Waals surface area contributed by atoms with Crippen molar-refractivity contribution in [2.24, 2.45) is 0 Å². The van der Waals surface area contributed by atoms with E-state index in [1.54, 1.807) is 10.8 Å². The normalized spacial score (nSPS) is 10.9. The average Bonchev–Trinajstić information content (AvgIpc) is 2.97. The van der Waals surface area contributed by atoms with Gasteiger partial charge in [-0.3, -0.25) is 9.59 Å². The van der Waals surface area contributed by atoms with Crippen molar-refractivity contribution in [3.8, 4) is 0 Å². The minimum absolute atomic E-state index is 0.138. The van der Waals surface area contributed by atoms with Gasteiger partial charge in [0.05, 0.1) is 18.4 Å². The number of hydrogen-bond donors (Lipinski definition) is 1. The van der Waals surface area contributed by atoms with Gasteiger partial charge in [0.2, 0.25) is 0 Å². The molecule has 1 N–H and O–H groups in total. The first-order valence-corrected chi connectivity index (χ1v) is 6.07. The van der Waals surface area contributed by atoms with E-state index in [-0.39, 0.29) is 5.56 Å². The molecule has 90 valence electrons. The van der Waals surface area contributed by atoms with Crippen LogP contribution < -0.4 is 5.56 Å². The first kappa shape index (κ1) is 10.8. The van der Waals surface area contributed by atoms with E-state index in [1.807, 2.05) is 11.4 Å². The molecule has 0 aromatic carbocycles. The van der Waals surface area contributed by atoms with Gasteiger partial charge in [-0.25, -0.2) is 9.97 Å². The first-order valence-electron chi connectivity index (χ1n) is 5.19. The van der Waals surface area contributed by atoms with E-state index in [9.17, 15) is 9.59 Å². The van der Waals surface area contributed by atoms with Crippen molar-refractivity contribution in [3.63, 3.8) is 0 Å². The van der Waals surface area contributed by atoms with Crippen LogP contribution in [-0.4, -0.2) is 25.8 Å². The van der Waals surface area contributed by atoms with Gasteiger partial charge in [0.1, 0.15) is 16.2 Å². The van der Waals surface area contributed by atoms with Gasteiger partial charge in [0.25, 0.3) is 5.56 Å². The number of fused-ring (bicyclic) bond motifs is 1. The summed E-state index contributed by atoms with van der Waals surface area (Å²) in [5.74, 6) is 0.542. The molecule has 0 amide bonds. The van der Waals surface area contributed by atoms with Gasteiger partial charge < -0.3 is 9.55 Å². The Morgan fingerprint density at radius 3 is 3.17 bits per heavy atom. The molecule has 0 saturated carbocycles. The summed E-state index contributed by atoms with van der Waals surface area (Å²) in [6.45, 7) is 0.377. The van der Waals surface area contributed by atoms with Crippen LogP contribution in [0.5, 0.6) is 0 Å². The molecule has 6 nitrogen and oxygen atoms in total. The van der Waals surface area contributed by atoms with Crippen molar-refractivity contribution in [2.45, 2.75) is 6.54 Å². The zero-order valence-electron chi connectivity index (χ0n) is 9.16. The number of aldehydes is 1. The summed E-state index contributed by atoms with van der Waals surface area (Å²) in [4.78, 5) is 33.2. The highest BCUT2D eigenvalue weighted by molar-refractivity contribution is 7.17. The monoisotopic (exact) mass is 260 g/mol. The number of carbonyl (C=O) groups excluding carboxylic acids is 1. The average molecular weight is 260 g/mol. The van der Waals surface area contributed by atoms with Gasteiger partial charge in [-0.1, -0.05) is 0 Å². The van der Waals surface area contributed by atoms with Gasteiger partial charge in [-0.15, -0.1) is 11.3 Å². The molecule has 3 aromatic rings. The number of imidazole rings is 1. The second-order valence-electron chi connectivity index (χ2n) is 3.74. The molecule has 7 heteroatoms. The number of nitrogens with zero attached hydrogens (tertiary/aromatic N) is 3. The highest BCUT2D eigenvalue weighted by atomic mass is 32.1. The van der Waals surface area contributed by atoms with Crippen LogP contribution in [0.15, 0.2) is 28.8 Å². The van der Waals surface area contributed by atoms with Crippen molar-refractivity contribution in [1.29, 1.82) is 0 Å². The van der Waals surface area contributed by atoms with E-state index in [2.05, 4.69) is 15.0 Å². The van der Waals surface area contributed by atoms with Crippen LogP contribution in [-0.2, 0) is 6.54 Å². The van der Waals surface area contributed by atoms with Crippen molar-refractivity contribution < 1.29 is 4.79 Å². The van der Waals surface area contributed by atoms with Crippen LogP contribution >= 0.6 is 11.3 Å². The topological polar surface area (TPSA) is 80.6 Å². The zero-order chi connectivity index (χ0) is 12.5. The minimum atomic E-state index is -0.138. The number of carbonyl (C=O) groups is 1. The number of rotatable bonds is 3. The zero-order valence-corrected chi connectivity index (χ0v) is 9.98. The third kappa shape index (κ3) is 1.84. The van der Waals surface area contributed by atoms with E-state index < -0.39 is 0 Å². The Hall–Kier alpha value is -2.28. The SMILES string of the molecule is O=Cc1cn(Cc2nc3ccsc3c(=O)[nH]2)cn1. The molecule has 0 aliphatic carbocycles. The van der Waals surface area contributed by atoms with Crippen LogP contribution in [0.1, 0.15) is 16.3 Å². The Bertz CT molecular complexity index is 771. The summed E-state index contributed by atoms with van der Waals surface area (Å²) in [6.07, 6.45) is 3.81. The Labute approximate surface area is 105 Å². The molecule has 3 heterocycles. The number of H-pyrrole nitrogens is 1. The molecule has 18 heavy (non-hydrogen) atoms. The largest absolute Gasteiger partial charge is 0.329 e. The van der Waals surface area contributed by atoms with Crippen LogP contribution in [0.4, 0.5) is 0 Å². The Morgan fingerprint density at radius 2 is 2.39 bits per heavy atom. The Kier molecular flexibility index (Phi) is 2.52. The lowest BCUT2D eigenvalue weighted by atomic mass is 10.4. The fraction of sp³-hybridized carbons (Fsp3) is 0.0909. The molecule has 0 unspecified atom stereocenters. The molecule has 3 aromatic heterocycles. The maximum Gasteiger partial charge on any atom is 0.268 e. The number of aromatic nitrogens is 4. The lowest BCUT2D eigenvalue weighted by Crippen LogP contribution is -2.12. The molecule has 0 aliphatic heterocycles. The van der Waals surface area contributed by atoms with Crippen LogP contribution in [0.25, 0.3) is 10.2 Å². The molecule has 3 rings (SSSR count). The Morgan fingerprint density at radius 1 is 1.50 bits per heavy atom. The molecular formula is C11H8N4O2S. The fourth-order valence-electron chi connectivity index (χ4n) is 1.69. The summed E-state index contributed by atoms with van der Waals surface area (Å²) in [7, 11) is 0. The molecule has 0 bridgehead atoms. The van der Waals surface area contributed by atoms with Crippen LogP contribution in [0.3, 0.4) is 0 Å². The predicted molar refractivity (Wildman–Crippen MR) is 67.0 cm³/mol. The molecule has 0 saturated heterocycles.